The molecule has 3 nitrogen and oxygen atoms in total. The quantitative estimate of drug-likeness (QED) is 0.390. The highest BCUT2D eigenvalue weighted by Crippen LogP contribution is 2.60. The van der Waals surface area contributed by atoms with Crippen LogP contribution in [0.15, 0.2) is 23.3 Å². The Morgan fingerprint density at radius 2 is 1.83 bits per heavy atom. The SMILES string of the molecule is CN(C)/N=C1\CC[C@H]2[C@@H]3CCc4cc(O[Si](C)(C)C(C)(C)C)ccc4[C@H]3CC[C@]12C. The van der Waals surface area contributed by atoms with Gasteiger partial charge in [0, 0.05) is 25.2 Å². The molecule has 0 aliphatic heterocycles. The first kappa shape index (κ1) is 21.9. The van der Waals surface area contributed by atoms with E-state index >= 15 is 0 Å². The van der Waals surface area contributed by atoms with Crippen LogP contribution in [0.1, 0.15) is 76.8 Å². The third-order valence-electron chi connectivity index (χ3n) is 8.94. The van der Waals surface area contributed by atoms with Crippen LogP contribution < -0.4 is 4.43 Å². The second-order valence-corrected chi connectivity index (χ2v) is 16.8. The molecular weight excluding hydrogens is 384 g/mol. The number of fused-ring (bicyclic) bond motifs is 5. The number of nitrogens with zero attached hydrogens (tertiary/aromatic N) is 2. The fraction of sp³-hybridized carbons (Fsp3) is 0.731. The molecule has 0 amide bonds. The molecule has 3 aliphatic carbocycles. The summed E-state index contributed by atoms with van der Waals surface area (Å²) in [6.07, 6.45) is 7.64. The molecule has 0 spiro atoms. The summed E-state index contributed by atoms with van der Waals surface area (Å²) in [7, 11) is 2.34. The van der Waals surface area contributed by atoms with E-state index in [2.05, 4.69) is 73.1 Å². The molecule has 0 N–H and O–H groups in total. The highest BCUT2D eigenvalue weighted by Gasteiger charge is 2.53. The summed E-state index contributed by atoms with van der Waals surface area (Å²) in [4.78, 5) is 0. The minimum Gasteiger partial charge on any atom is -0.543 e. The molecule has 2 saturated carbocycles. The van der Waals surface area contributed by atoms with Gasteiger partial charge in [-0.1, -0.05) is 33.8 Å². The van der Waals surface area contributed by atoms with Crippen molar-refractivity contribution in [1.82, 2.24) is 5.01 Å². The fourth-order valence-electron chi connectivity index (χ4n) is 6.26. The maximum atomic E-state index is 6.62. The number of hydrogen-bond donors (Lipinski definition) is 0. The molecule has 2 fully saturated rings. The summed E-state index contributed by atoms with van der Waals surface area (Å²) in [6.45, 7) is 14.1. The molecule has 4 rings (SSSR count). The van der Waals surface area contributed by atoms with Crippen LogP contribution in [0.5, 0.6) is 5.75 Å². The van der Waals surface area contributed by atoms with E-state index in [9.17, 15) is 0 Å². The Balaban J connectivity index is 1.57. The fourth-order valence-corrected chi connectivity index (χ4v) is 7.29. The lowest BCUT2D eigenvalue weighted by Crippen LogP contribution is -2.44. The first-order valence-corrected chi connectivity index (χ1v) is 14.9. The molecule has 0 unspecified atom stereocenters. The minimum atomic E-state index is -1.79. The van der Waals surface area contributed by atoms with Gasteiger partial charge in [0.1, 0.15) is 5.75 Å². The number of hydrogen-bond acceptors (Lipinski definition) is 3. The van der Waals surface area contributed by atoms with Gasteiger partial charge in [0.15, 0.2) is 0 Å². The van der Waals surface area contributed by atoms with Crippen LogP contribution >= 0.6 is 0 Å². The summed E-state index contributed by atoms with van der Waals surface area (Å²) in [5.74, 6) is 3.44. The largest absolute Gasteiger partial charge is 0.543 e. The standard InChI is InChI=1S/C26H42N2OSi/c1-25(2,3)30(7,8)29-19-10-12-20-18(17-19)9-11-22-21(20)15-16-26(4)23(22)13-14-24(26)27-28(5)6/h10,12,17,21-23H,9,11,13-16H2,1-8H3/b27-24+/t21-,22-,23+,26+/m1/s1. The van der Waals surface area contributed by atoms with Gasteiger partial charge in [-0.3, -0.25) is 0 Å². The van der Waals surface area contributed by atoms with Crippen molar-refractivity contribution in [2.45, 2.75) is 90.3 Å². The number of hydrazone groups is 1. The van der Waals surface area contributed by atoms with Crippen LogP contribution in [0.3, 0.4) is 0 Å². The molecule has 166 valence electrons. The Kier molecular flexibility index (Phi) is 5.40. The van der Waals surface area contributed by atoms with Gasteiger partial charge in [-0.2, -0.15) is 5.10 Å². The minimum absolute atomic E-state index is 0.232. The molecule has 0 radical (unpaired) electrons. The van der Waals surface area contributed by atoms with Crippen molar-refractivity contribution < 1.29 is 4.43 Å². The second-order valence-electron chi connectivity index (χ2n) is 12.0. The zero-order valence-electron chi connectivity index (χ0n) is 20.5. The summed E-state index contributed by atoms with van der Waals surface area (Å²) in [6, 6.07) is 7.07. The van der Waals surface area contributed by atoms with E-state index in [0.717, 1.165) is 23.5 Å². The smallest absolute Gasteiger partial charge is 0.250 e. The van der Waals surface area contributed by atoms with Crippen molar-refractivity contribution in [2.24, 2.45) is 22.4 Å². The van der Waals surface area contributed by atoms with E-state index in [1.807, 2.05) is 5.01 Å². The Morgan fingerprint density at radius 1 is 1.10 bits per heavy atom. The van der Waals surface area contributed by atoms with E-state index in [1.54, 1.807) is 11.1 Å². The van der Waals surface area contributed by atoms with Gasteiger partial charge in [-0.25, -0.2) is 0 Å². The van der Waals surface area contributed by atoms with Crippen molar-refractivity contribution in [2.75, 3.05) is 14.1 Å². The molecule has 1 aromatic rings. The lowest BCUT2D eigenvalue weighted by molar-refractivity contribution is 0.0948. The second kappa shape index (κ2) is 7.39. The van der Waals surface area contributed by atoms with E-state index in [0.29, 0.717) is 5.41 Å². The van der Waals surface area contributed by atoms with Crippen LogP contribution in [0.2, 0.25) is 18.1 Å². The van der Waals surface area contributed by atoms with Crippen molar-refractivity contribution in [1.29, 1.82) is 0 Å². The van der Waals surface area contributed by atoms with Gasteiger partial charge in [-0.15, -0.1) is 0 Å². The average Bonchev–Trinajstić information content (AvgIpc) is 2.96. The average molecular weight is 427 g/mol. The van der Waals surface area contributed by atoms with E-state index in [4.69, 9.17) is 9.53 Å². The van der Waals surface area contributed by atoms with Gasteiger partial charge in [-0.05, 0) is 97.7 Å². The first-order chi connectivity index (χ1) is 13.9. The van der Waals surface area contributed by atoms with Gasteiger partial charge < -0.3 is 9.43 Å². The van der Waals surface area contributed by atoms with Crippen LogP contribution in [0.4, 0.5) is 0 Å². The van der Waals surface area contributed by atoms with Crippen molar-refractivity contribution in [3.8, 4) is 5.75 Å². The van der Waals surface area contributed by atoms with Crippen molar-refractivity contribution in [3.05, 3.63) is 29.3 Å². The Hall–Kier alpha value is -1.29. The van der Waals surface area contributed by atoms with Crippen molar-refractivity contribution >= 4 is 14.0 Å². The Morgan fingerprint density at radius 3 is 2.50 bits per heavy atom. The monoisotopic (exact) mass is 426 g/mol. The zero-order valence-corrected chi connectivity index (χ0v) is 21.5. The molecule has 0 saturated heterocycles. The van der Waals surface area contributed by atoms with E-state index < -0.39 is 8.32 Å². The Labute approximate surface area is 185 Å². The van der Waals surface area contributed by atoms with Crippen LogP contribution in [0, 0.1) is 17.3 Å². The topological polar surface area (TPSA) is 24.8 Å². The molecule has 0 heterocycles. The van der Waals surface area contributed by atoms with E-state index in [1.165, 1.54) is 44.2 Å². The molecule has 0 bridgehead atoms. The highest BCUT2D eigenvalue weighted by atomic mass is 28.4. The van der Waals surface area contributed by atoms with Gasteiger partial charge in [0.25, 0.3) is 0 Å². The van der Waals surface area contributed by atoms with Gasteiger partial charge in [0.05, 0.1) is 0 Å². The van der Waals surface area contributed by atoms with E-state index in [-0.39, 0.29) is 5.04 Å². The zero-order chi connectivity index (χ0) is 21.9. The van der Waals surface area contributed by atoms with Crippen LogP contribution in [-0.2, 0) is 6.42 Å². The van der Waals surface area contributed by atoms with Crippen LogP contribution in [-0.4, -0.2) is 33.1 Å². The van der Waals surface area contributed by atoms with Crippen LogP contribution in [0.25, 0.3) is 0 Å². The van der Waals surface area contributed by atoms with Gasteiger partial charge >= 0.3 is 0 Å². The third kappa shape index (κ3) is 3.63. The predicted molar refractivity (Wildman–Crippen MR) is 130 cm³/mol. The predicted octanol–water partition coefficient (Wildman–Crippen LogP) is 6.84. The number of aryl methyl sites for hydroxylation is 1. The van der Waals surface area contributed by atoms with Crippen molar-refractivity contribution in [3.63, 3.8) is 0 Å². The summed E-state index contributed by atoms with van der Waals surface area (Å²) < 4.78 is 6.62. The number of benzene rings is 1. The molecule has 3 aliphatic rings. The lowest BCUT2D eigenvalue weighted by Gasteiger charge is -2.49. The normalized spacial score (nSPS) is 32.4. The summed E-state index contributed by atoms with van der Waals surface area (Å²) in [5, 5.41) is 7.16. The maximum absolute atomic E-state index is 6.62. The summed E-state index contributed by atoms with van der Waals surface area (Å²) in [5.41, 5.74) is 4.94. The number of rotatable bonds is 3. The molecule has 4 heteroatoms. The first-order valence-electron chi connectivity index (χ1n) is 12.0. The molecular formula is C26H42N2OSi. The Bertz CT molecular complexity index is 838. The molecule has 0 aromatic heterocycles. The third-order valence-corrected chi connectivity index (χ3v) is 13.3. The molecule has 1 aromatic carbocycles. The molecule has 30 heavy (non-hydrogen) atoms. The lowest BCUT2D eigenvalue weighted by atomic mass is 9.55. The maximum Gasteiger partial charge on any atom is 0.250 e. The van der Waals surface area contributed by atoms with Gasteiger partial charge in [0.2, 0.25) is 8.32 Å². The summed E-state index contributed by atoms with van der Waals surface area (Å²) >= 11 is 0. The molecule has 4 atom stereocenters. The highest BCUT2D eigenvalue weighted by molar-refractivity contribution is 6.74.